The van der Waals surface area contributed by atoms with Crippen LogP contribution >= 0.6 is 0 Å². The predicted molar refractivity (Wildman–Crippen MR) is 139 cm³/mol. The van der Waals surface area contributed by atoms with Gasteiger partial charge in [0.1, 0.15) is 17.2 Å². The molecule has 0 radical (unpaired) electrons. The lowest BCUT2D eigenvalue weighted by Crippen LogP contribution is -2.53. The lowest BCUT2D eigenvalue weighted by molar-refractivity contribution is 0.0317. The molecule has 4 heterocycles. The highest BCUT2D eigenvalue weighted by molar-refractivity contribution is 5.98. The van der Waals surface area contributed by atoms with E-state index in [0.29, 0.717) is 45.1 Å². The number of alkyl carbamates (subject to hydrolysis) is 1. The first kappa shape index (κ1) is 28.2. The number of nitrogens with two attached hydrogens (primary N) is 1. The molecule has 2 saturated heterocycles. The summed E-state index contributed by atoms with van der Waals surface area (Å²) < 4.78 is 46.0. The van der Waals surface area contributed by atoms with Crippen LogP contribution < -0.4 is 26.6 Å². The molecule has 0 aliphatic carbocycles. The van der Waals surface area contributed by atoms with Crippen molar-refractivity contribution in [2.75, 3.05) is 55.1 Å². The number of halogens is 2. The van der Waals surface area contributed by atoms with Crippen molar-refractivity contribution < 1.29 is 32.6 Å². The molecule has 5 N–H and O–H groups in total. The minimum Gasteiger partial charge on any atom is -0.444 e. The zero-order valence-corrected chi connectivity index (χ0v) is 22.1. The topological polar surface area (TPSA) is 153 Å². The van der Waals surface area contributed by atoms with Crippen molar-refractivity contribution in [1.29, 1.82) is 0 Å². The number of nitrogens with zero attached hydrogens (tertiary/aromatic N) is 3. The molecule has 2 atom stereocenters. The van der Waals surface area contributed by atoms with E-state index in [0.717, 1.165) is 12.3 Å². The van der Waals surface area contributed by atoms with Crippen LogP contribution in [0.15, 0.2) is 18.3 Å². The van der Waals surface area contributed by atoms with Crippen LogP contribution in [0.4, 0.5) is 36.7 Å². The van der Waals surface area contributed by atoms with E-state index in [4.69, 9.17) is 19.9 Å². The molecule has 14 heteroatoms. The quantitative estimate of drug-likeness (QED) is 0.405. The first-order valence-corrected chi connectivity index (χ1v) is 12.6. The van der Waals surface area contributed by atoms with Crippen LogP contribution in [-0.2, 0) is 14.2 Å². The van der Waals surface area contributed by atoms with Crippen molar-refractivity contribution in [2.45, 2.75) is 44.9 Å². The maximum absolute atomic E-state index is 15.1. The van der Waals surface area contributed by atoms with E-state index in [1.165, 1.54) is 6.07 Å². The minimum atomic E-state index is -0.950. The molecule has 2 fully saturated rings. The summed E-state index contributed by atoms with van der Waals surface area (Å²) in [6, 6.07) is 1.36. The Hall–Kier alpha value is -3.78. The monoisotopic (exact) mass is 549 g/mol. The van der Waals surface area contributed by atoms with E-state index in [2.05, 4.69) is 25.9 Å². The second-order valence-electron chi connectivity index (χ2n) is 10.2. The summed E-state index contributed by atoms with van der Waals surface area (Å²) in [6.45, 7) is 7.93. The molecule has 0 saturated carbocycles. The lowest BCUT2D eigenvalue weighted by atomic mass is 10.0. The molecule has 2 aliphatic heterocycles. The molecular weight excluding hydrogens is 516 g/mol. The van der Waals surface area contributed by atoms with Gasteiger partial charge < -0.3 is 40.8 Å². The summed E-state index contributed by atoms with van der Waals surface area (Å²) in [7, 11) is 0. The number of carbonyl (C=O) groups is 2. The summed E-state index contributed by atoms with van der Waals surface area (Å²) in [5, 5.41) is 8.49. The fourth-order valence-corrected chi connectivity index (χ4v) is 4.18. The van der Waals surface area contributed by atoms with Gasteiger partial charge in [0.05, 0.1) is 49.4 Å². The third-order valence-corrected chi connectivity index (χ3v) is 6.05. The number of rotatable bonds is 7. The van der Waals surface area contributed by atoms with Gasteiger partial charge in [-0.1, -0.05) is 0 Å². The van der Waals surface area contributed by atoms with Gasteiger partial charge in [0.25, 0.3) is 5.91 Å². The van der Waals surface area contributed by atoms with E-state index in [-0.39, 0.29) is 29.5 Å². The summed E-state index contributed by atoms with van der Waals surface area (Å²) >= 11 is 0. The number of nitrogens with one attached hydrogen (secondary N) is 3. The number of ether oxygens (including phenoxy) is 3. The zero-order valence-electron chi connectivity index (χ0n) is 22.1. The molecule has 2 amide bonds. The Morgan fingerprint density at radius 1 is 1.08 bits per heavy atom. The number of aromatic nitrogens is 2. The Kier molecular flexibility index (Phi) is 8.65. The highest BCUT2D eigenvalue weighted by Gasteiger charge is 2.30. The van der Waals surface area contributed by atoms with E-state index in [9.17, 15) is 14.0 Å². The fourth-order valence-electron chi connectivity index (χ4n) is 4.18. The van der Waals surface area contributed by atoms with Crippen molar-refractivity contribution in [2.24, 2.45) is 5.73 Å². The largest absolute Gasteiger partial charge is 0.444 e. The van der Waals surface area contributed by atoms with Gasteiger partial charge in [-0.15, -0.1) is 0 Å². The molecule has 2 aromatic rings. The molecule has 12 nitrogen and oxygen atoms in total. The molecule has 212 valence electrons. The van der Waals surface area contributed by atoms with Crippen LogP contribution in [0.1, 0.15) is 37.6 Å². The van der Waals surface area contributed by atoms with Gasteiger partial charge in [-0.05, 0) is 33.3 Å². The Labute approximate surface area is 224 Å². The van der Waals surface area contributed by atoms with Crippen molar-refractivity contribution >= 4 is 35.1 Å². The van der Waals surface area contributed by atoms with E-state index < -0.39 is 41.3 Å². The highest BCUT2D eigenvalue weighted by atomic mass is 19.1. The van der Waals surface area contributed by atoms with Crippen molar-refractivity contribution in [1.82, 2.24) is 15.3 Å². The molecule has 39 heavy (non-hydrogen) atoms. The van der Waals surface area contributed by atoms with Gasteiger partial charge in [-0.25, -0.2) is 23.5 Å². The predicted octanol–water partition coefficient (Wildman–Crippen LogP) is 2.53. The van der Waals surface area contributed by atoms with Crippen molar-refractivity contribution in [3.63, 3.8) is 0 Å². The third-order valence-electron chi connectivity index (χ3n) is 6.05. The summed E-state index contributed by atoms with van der Waals surface area (Å²) in [5.74, 6) is -2.35. The maximum Gasteiger partial charge on any atom is 0.408 e. The van der Waals surface area contributed by atoms with Crippen LogP contribution in [0.2, 0.25) is 0 Å². The number of primary amides is 1. The van der Waals surface area contributed by atoms with Gasteiger partial charge in [0.15, 0.2) is 17.5 Å². The lowest BCUT2D eigenvalue weighted by Gasteiger charge is -2.33. The Bertz CT molecular complexity index is 1200. The third kappa shape index (κ3) is 7.41. The Morgan fingerprint density at radius 3 is 2.51 bits per heavy atom. The highest BCUT2D eigenvalue weighted by Crippen LogP contribution is 2.28. The maximum atomic E-state index is 15.1. The molecule has 2 aliphatic rings. The van der Waals surface area contributed by atoms with Gasteiger partial charge in [-0.3, -0.25) is 4.79 Å². The average molecular weight is 550 g/mol. The molecule has 0 spiro atoms. The van der Waals surface area contributed by atoms with Crippen LogP contribution in [0.25, 0.3) is 0 Å². The number of amides is 2. The number of carbonyl (C=O) groups excluding carboxylic acids is 2. The molecule has 0 aromatic carbocycles. The van der Waals surface area contributed by atoms with Gasteiger partial charge in [-0.2, -0.15) is 0 Å². The van der Waals surface area contributed by atoms with E-state index >= 15 is 4.39 Å². The average Bonchev–Trinajstić information content (AvgIpc) is 2.87. The molecule has 4 rings (SSSR count). The van der Waals surface area contributed by atoms with Crippen LogP contribution in [-0.4, -0.2) is 79.2 Å². The molecule has 0 bridgehead atoms. The van der Waals surface area contributed by atoms with Crippen molar-refractivity contribution in [3.05, 3.63) is 35.5 Å². The minimum absolute atomic E-state index is 0.0189. The first-order chi connectivity index (χ1) is 18.5. The standard InChI is InChI=1S/C25H33F2N7O5/c1-25(2,3)39-24(36)32-19-13-38-7-4-17(19)30-23-15(26)10-14(21(28)35)22(33-23)31-18-11-20(29-12-16(18)27)34-5-8-37-9-6-34/h10-12,17,19H,4-9,13H2,1-3H3,(H2,28,35)(H,32,36)(H2,29,30,31,33)/t17-,19+/m1/s1. The number of anilines is 4. The van der Waals surface area contributed by atoms with Gasteiger partial charge in [0, 0.05) is 25.8 Å². The van der Waals surface area contributed by atoms with Crippen LogP contribution in [0.5, 0.6) is 0 Å². The second-order valence-corrected chi connectivity index (χ2v) is 10.2. The van der Waals surface area contributed by atoms with Gasteiger partial charge >= 0.3 is 6.09 Å². The summed E-state index contributed by atoms with van der Waals surface area (Å²) in [4.78, 5) is 34.7. The smallest absolute Gasteiger partial charge is 0.408 e. The van der Waals surface area contributed by atoms with E-state index in [1.807, 2.05) is 4.90 Å². The van der Waals surface area contributed by atoms with E-state index in [1.54, 1.807) is 20.8 Å². The summed E-state index contributed by atoms with van der Waals surface area (Å²) in [6.07, 6.45) is 0.826. The normalized spacial score (nSPS) is 19.8. The molecule has 2 aromatic heterocycles. The number of hydrogen-bond acceptors (Lipinski definition) is 10. The fraction of sp³-hybridized carbons (Fsp3) is 0.520. The summed E-state index contributed by atoms with van der Waals surface area (Å²) in [5.41, 5.74) is 4.48. The SMILES string of the molecule is CC(C)(C)OC(=O)N[C@H]1COCC[C@H]1Nc1nc(Nc2cc(N3CCOCC3)ncc2F)c(C(N)=O)cc1F. The Morgan fingerprint density at radius 2 is 1.82 bits per heavy atom. The van der Waals surface area contributed by atoms with Crippen LogP contribution in [0, 0.1) is 11.6 Å². The Balaban J connectivity index is 1.58. The number of pyridine rings is 2. The molecule has 0 unspecified atom stereocenters. The van der Waals surface area contributed by atoms with Gasteiger partial charge in [0.2, 0.25) is 0 Å². The van der Waals surface area contributed by atoms with Crippen molar-refractivity contribution in [3.8, 4) is 0 Å². The molecular formula is C25H33F2N7O5. The first-order valence-electron chi connectivity index (χ1n) is 12.6. The second kappa shape index (κ2) is 11.9. The number of hydrogen-bond donors (Lipinski definition) is 4. The number of morpholine rings is 1. The zero-order chi connectivity index (χ0) is 28.2. The van der Waals surface area contributed by atoms with Crippen LogP contribution in [0.3, 0.4) is 0 Å².